The number of hydrogen-bond acceptors (Lipinski definition) is 2. The van der Waals surface area contributed by atoms with Crippen molar-refractivity contribution in [2.24, 2.45) is 23.7 Å². The molecule has 1 heterocycles. The number of para-hydroxylation sites is 4. The SMILES string of the molecule is c1ccc(N(c2cccc3c2C2(c4ccccc4-3)C3CC4CC(C3)CC2C4)c2ccc3ccc4c(N(c5ccccc5)c5cccc6c5c5ccccc5n6-c5ccccc5)ccc5ccc2c3c54)cc1. The Morgan fingerprint density at radius 3 is 1.52 bits per heavy atom. The summed E-state index contributed by atoms with van der Waals surface area (Å²) in [5.74, 6) is 3.07. The summed E-state index contributed by atoms with van der Waals surface area (Å²) in [4.78, 5) is 5.17. The van der Waals surface area contributed by atoms with Crippen molar-refractivity contribution in [3.63, 3.8) is 0 Å². The number of nitrogens with zero attached hydrogens (tertiary/aromatic N) is 3. The summed E-state index contributed by atoms with van der Waals surface area (Å²) in [6, 6.07) is 84.6. The van der Waals surface area contributed by atoms with Crippen LogP contribution in [0.2, 0.25) is 0 Å². The number of benzene rings is 11. The van der Waals surface area contributed by atoms with Crippen LogP contribution in [0.15, 0.2) is 224 Å². The van der Waals surface area contributed by atoms with Crippen molar-refractivity contribution in [2.45, 2.75) is 37.5 Å². The second-order valence-corrected chi connectivity index (χ2v) is 21.2. The van der Waals surface area contributed by atoms with Crippen LogP contribution in [0.3, 0.4) is 0 Å². The van der Waals surface area contributed by atoms with Crippen LogP contribution in [0.5, 0.6) is 0 Å². The molecule has 17 rings (SSSR count). The van der Waals surface area contributed by atoms with Gasteiger partial charge in [0.1, 0.15) is 0 Å². The summed E-state index contributed by atoms with van der Waals surface area (Å²) in [5, 5.41) is 10.1. The lowest BCUT2D eigenvalue weighted by Gasteiger charge is -2.61. The molecule has 4 fully saturated rings. The van der Waals surface area contributed by atoms with Gasteiger partial charge in [-0.05, 0) is 172 Å². The number of rotatable bonds is 7. The van der Waals surface area contributed by atoms with Gasteiger partial charge in [-0.15, -0.1) is 0 Å². The Morgan fingerprint density at radius 2 is 0.859 bits per heavy atom. The van der Waals surface area contributed by atoms with Gasteiger partial charge in [-0.1, -0.05) is 152 Å². The zero-order valence-electron chi connectivity index (χ0n) is 39.5. The molecule has 3 heteroatoms. The Morgan fingerprint density at radius 1 is 0.352 bits per heavy atom. The van der Waals surface area contributed by atoms with Gasteiger partial charge in [-0.3, -0.25) is 0 Å². The molecule has 4 bridgehead atoms. The maximum absolute atomic E-state index is 2.66. The lowest BCUT2D eigenvalue weighted by Crippen LogP contribution is -2.55. The number of hydrogen-bond donors (Lipinski definition) is 0. The average molecular weight is 910 g/mol. The molecule has 5 aliphatic rings. The third kappa shape index (κ3) is 5.44. The fourth-order valence-electron chi connectivity index (χ4n) is 15.5. The summed E-state index contributed by atoms with van der Waals surface area (Å²) >= 11 is 0. The molecule has 0 atom stereocenters. The van der Waals surface area contributed by atoms with Crippen molar-refractivity contribution >= 4 is 88.2 Å². The maximum atomic E-state index is 2.66. The topological polar surface area (TPSA) is 11.4 Å². The first-order chi connectivity index (χ1) is 35.2. The lowest BCUT2D eigenvalue weighted by molar-refractivity contribution is -0.0397. The van der Waals surface area contributed by atoms with E-state index in [1.165, 1.54) is 114 Å². The zero-order valence-corrected chi connectivity index (χ0v) is 39.5. The predicted molar refractivity (Wildman–Crippen MR) is 297 cm³/mol. The van der Waals surface area contributed by atoms with E-state index in [0.717, 1.165) is 34.6 Å². The molecule has 0 radical (unpaired) electrons. The monoisotopic (exact) mass is 909 g/mol. The van der Waals surface area contributed by atoms with E-state index >= 15 is 0 Å². The van der Waals surface area contributed by atoms with E-state index in [0.29, 0.717) is 11.8 Å². The van der Waals surface area contributed by atoms with Crippen LogP contribution in [0.4, 0.5) is 34.1 Å². The van der Waals surface area contributed by atoms with Crippen molar-refractivity contribution in [2.75, 3.05) is 9.80 Å². The minimum atomic E-state index is 0.0127. The second-order valence-electron chi connectivity index (χ2n) is 21.2. The number of anilines is 6. The Labute approximate surface area is 414 Å². The van der Waals surface area contributed by atoms with Gasteiger partial charge in [0.25, 0.3) is 0 Å². The molecule has 12 aromatic rings. The van der Waals surface area contributed by atoms with Crippen molar-refractivity contribution in [3.8, 4) is 16.8 Å². The minimum absolute atomic E-state index is 0.0127. The molecule has 3 nitrogen and oxygen atoms in total. The Kier molecular flexibility index (Phi) is 8.35. The molecule has 0 amide bonds. The standard InChI is InChI=1S/C68H51N3/c1-4-16-49(17-5-1)69-58-26-13-11-23-54(58)66-61(69)27-15-28-62(66)70(50-18-6-2-7-19-50)59-36-32-45-31-35-56-60(37-33-46-30-34-55(59)64(45)65(46)56)71(51-20-8-3-9-21-51)63-29-14-24-53-52-22-10-12-25-57(52)68(67(53)63)47-39-43-38-44(41-47)42-48(68)40-43/h1-37,43-44,47-48H,38-42H2. The van der Waals surface area contributed by atoms with E-state index in [1.807, 2.05) is 0 Å². The molecule has 71 heavy (non-hydrogen) atoms. The minimum Gasteiger partial charge on any atom is -0.310 e. The first-order valence-electron chi connectivity index (χ1n) is 25.9. The highest BCUT2D eigenvalue weighted by Gasteiger charge is 2.62. The van der Waals surface area contributed by atoms with Crippen LogP contribution in [-0.4, -0.2) is 4.57 Å². The molecule has 0 N–H and O–H groups in total. The van der Waals surface area contributed by atoms with Gasteiger partial charge in [0, 0.05) is 44.0 Å². The van der Waals surface area contributed by atoms with Crippen LogP contribution in [-0.2, 0) is 5.41 Å². The zero-order chi connectivity index (χ0) is 46.4. The molecule has 11 aromatic carbocycles. The third-order valence-electron chi connectivity index (χ3n) is 17.8. The molecule has 0 saturated heterocycles. The number of fused-ring (bicyclic) bond motifs is 6. The van der Waals surface area contributed by atoms with Crippen LogP contribution < -0.4 is 9.80 Å². The van der Waals surface area contributed by atoms with Crippen molar-refractivity contribution in [1.82, 2.24) is 4.57 Å². The van der Waals surface area contributed by atoms with Crippen LogP contribution in [0.1, 0.15) is 43.2 Å². The van der Waals surface area contributed by atoms with E-state index in [2.05, 4.69) is 239 Å². The van der Waals surface area contributed by atoms with Gasteiger partial charge in [-0.2, -0.15) is 0 Å². The van der Waals surface area contributed by atoms with Gasteiger partial charge < -0.3 is 14.4 Å². The summed E-state index contributed by atoms with van der Waals surface area (Å²) in [7, 11) is 0. The fraction of sp³-hybridized carbons (Fsp3) is 0.147. The molecule has 0 unspecified atom stereocenters. The van der Waals surface area contributed by atoms with Crippen LogP contribution in [0, 0.1) is 23.7 Å². The van der Waals surface area contributed by atoms with Gasteiger partial charge in [-0.25, -0.2) is 0 Å². The molecular weight excluding hydrogens is 859 g/mol. The first kappa shape index (κ1) is 39.7. The summed E-state index contributed by atoms with van der Waals surface area (Å²) in [6.45, 7) is 0. The molecule has 0 aliphatic heterocycles. The van der Waals surface area contributed by atoms with Crippen molar-refractivity contribution in [1.29, 1.82) is 0 Å². The van der Waals surface area contributed by atoms with Crippen molar-refractivity contribution < 1.29 is 0 Å². The summed E-state index contributed by atoms with van der Waals surface area (Å²) in [5.41, 5.74) is 16.8. The largest absolute Gasteiger partial charge is 0.310 e. The highest BCUT2D eigenvalue weighted by molar-refractivity contribution is 6.29. The number of aromatic nitrogens is 1. The molecule has 4 saturated carbocycles. The highest BCUT2D eigenvalue weighted by atomic mass is 15.2. The molecular formula is C68H51N3. The normalized spacial score (nSPS) is 20.7. The van der Waals surface area contributed by atoms with Crippen LogP contribution in [0.25, 0.3) is 70.9 Å². The van der Waals surface area contributed by atoms with Gasteiger partial charge >= 0.3 is 0 Å². The lowest BCUT2D eigenvalue weighted by atomic mass is 9.43. The smallest absolute Gasteiger partial charge is 0.0562 e. The van der Waals surface area contributed by atoms with E-state index in [9.17, 15) is 0 Å². The first-order valence-corrected chi connectivity index (χ1v) is 25.9. The predicted octanol–water partition coefficient (Wildman–Crippen LogP) is 18.3. The van der Waals surface area contributed by atoms with E-state index in [-0.39, 0.29) is 5.41 Å². The second kappa shape index (κ2) is 14.9. The van der Waals surface area contributed by atoms with Crippen molar-refractivity contribution in [3.05, 3.63) is 236 Å². The third-order valence-corrected chi connectivity index (χ3v) is 17.8. The van der Waals surface area contributed by atoms with E-state index in [1.54, 1.807) is 11.1 Å². The Hall–Kier alpha value is -8.14. The van der Waals surface area contributed by atoms with Gasteiger partial charge in [0.15, 0.2) is 0 Å². The molecule has 1 aromatic heterocycles. The van der Waals surface area contributed by atoms with E-state index in [4.69, 9.17) is 0 Å². The van der Waals surface area contributed by atoms with E-state index < -0.39 is 0 Å². The molecule has 338 valence electrons. The molecule has 1 spiro atoms. The quantitative estimate of drug-likeness (QED) is 0.148. The molecule has 5 aliphatic carbocycles. The summed E-state index contributed by atoms with van der Waals surface area (Å²) in [6.07, 6.45) is 6.85. The average Bonchev–Trinajstić information content (AvgIpc) is 3.93. The maximum Gasteiger partial charge on any atom is 0.0562 e. The van der Waals surface area contributed by atoms with Gasteiger partial charge in [0.05, 0.1) is 33.8 Å². The van der Waals surface area contributed by atoms with Gasteiger partial charge in [0.2, 0.25) is 0 Å². The fourth-order valence-corrected chi connectivity index (χ4v) is 15.5. The van der Waals surface area contributed by atoms with Crippen LogP contribution >= 0.6 is 0 Å². The highest BCUT2D eigenvalue weighted by Crippen LogP contribution is 2.71. The Bertz CT molecular complexity index is 4050. The summed E-state index contributed by atoms with van der Waals surface area (Å²) < 4.78 is 2.42. The Balaban J connectivity index is 0.944.